The first kappa shape index (κ1) is 24.1. The Labute approximate surface area is 204 Å². The summed E-state index contributed by atoms with van der Waals surface area (Å²) in [4.78, 5) is 0. The van der Waals surface area contributed by atoms with E-state index in [1.165, 1.54) is 11.3 Å². The number of nitrogens with zero attached hydrogens (tertiary/aromatic N) is 3. The molecule has 0 aliphatic carbocycles. The summed E-state index contributed by atoms with van der Waals surface area (Å²) in [6.07, 6.45) is 1.68. The van der Waals surface area contributed by atoms with Crippen molar-refractivity contribution < 1.29 is 14.4 Å². The third-order valence-corrected chi connectivity index (χ3v) is 9.08. The number of nitrogens with one attached hydrogen (secondary N) is 2. The van der Waals surface area contributed by atoms with Gasteiger partial charge in [-0.1, -0.05) is 51.1 Å². The van der Waals surface area contributed by atoms with E-state index in [-0.39, 0.29) is 29.9 Å². The van der Waals surface area contributed by atoms with Gasteiger partial charge in [-0.05, 0) is 23.8 Å². The highest BCUT2D eigenvalue weighted by Crippen LogP contribution is 2.42. The van der Waals surface area contributed by atoms with E-state index in [1.807, 2.05) is 18.2 Å². The van der Waals surface area contributed by atoms with E-state index in [1.54, 1.807) is 9.69 Å². The van der Waals surface area contributed by atoms with Crippen molar-refractivity contribution in [2.24, 2.45) is 5.41 Å². The van der Waals surface area contributed by atoms with Crippen molar-refractivity contribution in [3.63, 3.8) is 0 Å². The molecule has 1 aliphatic heterocycles. The predicted octanol–water partition coefficient (Wildman–Crippen LogP) is 4.73. The molecule has 4 N–H and O–H groups in total. The number of hydrogen-bond acceptors (Lipinski definition) is 9. The molecule has 0 saturated carbocycles. The molecule has 1 aromatic carbocycles. The summed E-state index contributed by atoms with van der Waals surface area (Å²) < 4.78 is 24.0. The Kier molecular flexibility index (Phi) is 7.34. The summed E-state index contributed by atoms with van der Waals surface area (Å²) in [5.41, 5.74) is 1.49. The second-order valence-electron chi connectivity index (χ2n) is 9.09. The topological polar surface area (TPSA) is 111 Å². The van der Waals surface area contributed by atoms with E-state index in [0.717, 1.165) is 30.1 Å². The van der Waals surface area contributed by atoms with Crippen LogP contribution in [0.15, 0.2) is 39.9 Å². The van der Waals surface area contributed by atoms with Crippen LogP contribution in [-0.4, -0.2) is 46.7 Å². The third kappa shape index (κ3) is 5.22. The number of thiophene rings is 1. The van der Waals surface area contributed by atoms with Gasteiger partial charge >= 0.3 is 0 Å². The molecule has 1 aliphatic rings. The van der Waals surface area contributed by atoms with Gasteiger partial charge < -0.3 is 20.8 Å². The Morgan fingerprint density at radius 1 is 1.24 bits per heavy atom. The molecule has 1 fully saturated rings. The Balaban J connectivity index is 1.54. The van der Waals surface area contributed by atoms with Gasteiger partial charge in [-0.25, -0.2) is 8.51 Å². The summed E-state index contributed by atoms with van der Waals surface area (Å²) in [7, 11) is -1.53. The quantitative estimate of drug-likeness (QED) is 0.349. The smallest absolute Gasteiger partial charge is 0.188 e. The summed E-state index contributed by atoms with van der Waals surface area (Å²) in [6.45, 7) is 7.08. The first-order valence-electron chi connectivity index (χ1n) is 10.8. The maximum Gasteiger partial charge on any atom is 0.188 e. The van der Waals surface area contributed by atoms with Gasteiger partial charge in [0, 0.05) is 18.0 Å². The Hall–Kier alpha value is -2.05. The lowest BCUT2D eigenvalue weighted by Crippen LogP contribution is -2.33. The number of aromatic hydroxyl groups is 1. The van der Waals surface area contributed by atoms with E-state index in [0.29, 0.717) is 28.1 Å². The molecule has 3 heterocycles. The van der Waals surface area contributed by atoms with Crippen LogP contribution >= 0.6 is 23.1 Å². The number of anilines is 3. The Bertz CT molecular complexity index is 1100. The first-order chi connectivity index (χ1) is 15.8. The number of benzene rings is 1. The second-order valence-corrected chi connectivity index (χ2v) is 12.1. The number of aliphatic hydroxyl groups excluding tert-OH is 1. The van der Waals surface area contributed by atoms with E-state index in [2.05, 4.69) is 52.3 Å². The fourth-order valence-corrected chi connectivity index (χ4v) is 7.02. The van der Waals surface area contributed by atoms with Crippen molar-refractivity contribution >= 4 is 51.4 Å². The molecule has 0 bridgehead atoms. The molecular weight excluding hydrogens is 478 g/mol. The molecular formula is C22H29N5O3S3. The van der Waals surface area contributed by atoms with E-state index >= 15 is 0 Å². The van der Waals surface area contributed by atoms with Crippen LogP contribution in [0.5, 0.6) is 5.75 Å². The summed E-state index contributed by atoms with van der Waals surface area (Å²) in [5.74, 6) is 1.04. The largest absolute Gasteiger partial charge is 0.504 e. The molecule has 2 unspecified atom stereocenters. The average molecular weight is 508 g/mol. The molecule has 0 spiro atoms. The predicted molar refractivity (Wildman–Crippen MR) is 135 cm³/mol. The number of hydrogen-bond donors (Lipinski definition) is 4. The van der Waals surface area contributed by atoms with E-state index in [4.69, 9.17) is 0 Å². The molecule has 8 nitrogen and oxygen atoms in total. The fraction of sp³-hybridized carbons (Fsp3) is 0.455. The Morgan fingerprint density at radius 2 is 1.97 bits per heavy atom. The van der Waals surface area contributed by atoms with Crippen molar-refractivity contribution in [3.8, 4) is 5.75 Å². The SMILES string of the molecule is CC(C)(C)[C@@H](Nc1nsnc1Nc1csc(S(=O)N2CCCC2CO)c1O)c1ccccc1. The maximum absolute atomic E-state index is 13.0. The van der Waals surface area contributed by atoms with Crippen molar-refractivity contribution in [1.82, 2.24) is 13.1 Å². The number of aromatic nitrogens is 2. The highest BCUT2D eigenvalue weighted by molar-refractivity contribution is 7.85. The highest BCUT2D eigenvalue weighted by Gasteiger charge is 2.32. The van der Waals surface area contributed by atoms with Gasteiger partial charge in [0.05, 0.1) is 30.1 Å². The fourth-order valence-electron chi connectivity index (χ4n) is 3.94. The summed E-state index contributed by atoms with van der Waals surface area (Å²) in [5, 5.41) is 28.7. The number of rotatable bonds is 8. The van der Waals surface area contributed by atoms with Crippen LogP contribution < -0.4 is 10.6 Å². The molecule has 2 aromatic heterocycles. The van der Waals surface area contributed by atoms with Crippen molar-refractivity contribution in [2.75, 3.05) is 23.8 Å². The van der Waals surface area contributed by atoms with Gasteiger partial charge in [0.25, 0.3) is 0 Å². The standard InChI is InChI=1S/C22H29N5O3S3/c1-22(2,3)18(14-8-5-4-6-9-14)24-20-19(25-32-26-20)23-16-13-31-21(17(16)29)33(30)27-11-7-10-15(27)12-28/h4-6,8-9,13,15,18,28-29H,7,10-12H2,1-3H3,(H,23,25)(H,24,26)/t15?,18-,33?/m0/s1. The molecule has 0 amide bonds. The van der Waals surface area contributed by atoms with Crippen LogP contribution in [0.4, 0.5) is 17.3 Å². The van der Waals surface area contributed by atoms with Gasteiger partial charge in [-0.3, -0.25) is 0 Å². The lowest BCUT2D eigenvalue weighted by atomic mass is 9.82. The molecule has 0 radical (unpaired) electrons. The third-order valence-electron chi connectivity index (χ3n) is 5.66. The molecule has 33 heavy (non-hydrogen) atoms. The van der Waals surface area contributed by atoms with Crippen LogP contribution in [0.25, 0.3) is 0 Å². The first-order valence-corrected chi connectivity index (χ1v) is 13.5. The molecule has 11 heteroatoms. The lowest BCUT2D eigenvalue weighted by molar-refractivity contribution is 0.217. The van der Waals surface area contributed by atoms with E-state index in [9.17, 15) is 14.4 Å². The zero-order chi connectivity index (χ0) is 23.6. The van der Waals surface area contributed by atoms with Crippen LogP contribution in [0, 0.1) is 5.41 Å². The molecule has 3 atom stereocenters. The van der Waals surface area contributed by atoms with Gasteiger partial charge in [-0.15, -0.1) is 11.3 Å². The summed E-state index contributed by atoms with van der Waals surface area (Å²) >= 11 is 2.30. The molecule has 1 saturated heterocycles. The van der Waals surface area contributed by atoms with Crippen molar-refractivity contribution in [1.29, 1.82) is 0 Å². The van der Waals surface area contributed by atoms with Crippen LogP contribution in [-0.2, 0) is 11.0 Å². The molecule has 4 rings (SSSR count). The van der Waals surface area contributed by atoms with Crippen molar-refractivity contribution in [2.45, 2.75) is 49.9 Å². The van der Waals surface area contributed by atoms with Gasteiger partial charge in [-0.2, -0.15) is 8.75 Å². The van der Waals surface area contributed by atoms with Crippen LogP contribution in [0.2, 0.25) is 0 Å². The number of aliphatic hydroxyl groups is 1. The molecule has 178 valence electrons. The minimum absolute atomic E-state index is 0.00660. The lowest BCUT2D eigenvalue weighted by Gasteiger charge is -2.32. The van der Waals surface area contributed by atoms with E-state index < -0.39 is 11.0 Å². The average Bonchev–Trinajstić information content (AvgIpc) is 3.52. The van der Waals surface area contributed by atoms with Gasteiger partial charge in [0.2, 0.25) is 0 Å². The second kappa shape index (κ2) is 10.1. The Morgan fingerprint density at radius 3 is 2.67 bits per heavy atom. The highest BCUT2D eigenvalue weighted by atomic mass is 32.2. The summed E-state index contributed by atoms with van der Waals surface area (Å²) in [6, 6.07) is 10.0. The monoisotopic (exact) mass is 507 g/mol. The zero-order valence-corrected chi connectivity index (χ0v) is 21.3. The molecule has 3 aromatic rings. The zero-order valence-electron chi connectivity index (χ0n) is 18.8. The van der Waals surface area contributed by atoms with Crippen molar-refractivity contribution in [3.05, 3.63) is 41.3 Å². The van der Waals surface area contributed by atoms with Gasteiger partial charge in [0.15, 0.2) is 21.6 Å². The minimum atomic E-state index is -1.53. The van der Waals surface area contributed by atoms with Gasteiger partial charge in [0.1, 0.15) is 11.0 Å². The minimum Gasteiger partial charge on any atom is -0.504 e. The van der Waals surface area contributed by atoms with Crippen LogP contribution in [0.3, 0.4) is 0 Å². The van der Waals surface area contributed by atoms with Crippen LogP contribution in [0.1, 0.15) is 45.2 Å². The normalized spacial score (nSPS) is 18.8. The maximum atomic E-state index is 13.0.